The number of aliphatic hydroxyl groups is 1. The van der Waals surface area contributed by atoms with E-state index in [1.165, 1.54) is 40.7 Å². The molecule has 17 nitrogen and oxygen atoms in total. The highest BCUT2D eigenvalue weighted by atomic mass is 16.6. The molecule has 306 valence electrons. The summed E-state index contributed by atoms with van der Waals surface area (Å²) in [4.78, 5) is 87.5. The summed E-state index contributed by atoms with van der Waals surface area (Å²) >= 11 is 0. The number of carbonyl (C=O) groups is 7. The molecule has 0 aliphatic carbocycles. The van der Waals surface area contributed by atoms with Gasteiger partial charge >= 0.3 is 42.0 Å². The summed E-state index contributed by atoms with van der Waals surface area (Å²) in [7, 11) is 0. The maximum absolute atomic E-state index is 13.3. The molecule has 2 amide bonds. The van der Waals surface area contributed by atoms with Gasteiger partial charge in [0, 0.05) is 27.9 Å². The summed E-state index contributed by atoms with van der Waals surface area (Å²) in [5.74, 6) is -4.07. The zero-order chi connectivity index (χ0) is 42.8. The van der Waals surface area contributed by atoms with Crippen LogP contribution in [0.15, 0.2) is 79.0 Å². The van der Waals surface area contributed by atoms with Crippen molar-refractivity contribution in [1.29, 1.82) is 0 Å². The maximum Gasteiger partial charge on any atom is 0.411 e. The summed E-state index contributed by atoms with van der Waals surface area (Å²) in [6.45, 7) is 21.4. The summed E-state index contributed by atoms with van der Waals surface area (Å²) in [5, 5.41) is 15.2. The molecule has 0 saturated carbocycles. The van der Waals surface area contributed by atoms with Crippen LogP contribution in [0.2, 0.25) is 0 Å². The number of aliphatic hydroxyl groups excluding tert-OH is 1. The number of para-hydroxylation sites is 1. The van der Waals surface area contributed by atoms with Crippen molar-refractivity contribution >= 4 is 53.4 Å². The van der Waals surface area contributed by atoms with Crippen LogP contribution in [0.25, 0.3) is 0 Å². The Morgan fingerprint density at radius 3 is 1.16 bits per heavy atom. The fourth-order valence-corrected chi connectivity index (χ4v) is 3.88. The number of ether oxygens (including phenoxy) is 7. The fraction of sp³-hybridized carbons (Fsp3) is 0.410. The average Bonchev–Trinajstić information content (AvgIpc) is 3.14. The smallest absolute Gasteiger partial charge is 0.411 e. The van der Waals surface area contributed by atoms with Gasteiger partial charge in [-0.1, -0.05) is 45.0 Å². The van der Waals surface area contributed by atoms with Gasteiger partial charge in [-0.2, -0.15) is 0 Å². The quantitative estimate of drug-likeness (QED) is 0.0825. The Balaban J connectivity index is 3.30. The molecule has 1 rings (SSSR count). The molecule has 0 aliphatic heterocycles. The lowest BCUT2D eigenvalue weighted by atomic mass is 9.92. The van der Waals surface area contributed by atoms with Crippen molar-refractivity contribution in [2.75, 3.05) is 63.5 Å². The molecule has 0 spiro atoms. The zero-order valence-electron chi connectivity index (χ0n) is 32.6. The zero-order valence-corrected chi connectivity index (χ0v) is 32.6. The lowest BCUT2D eigenvalue weighted by Crippen LogP contribution is -2.44. The lowest BCUT2D eigenvalue weighted by molar-refractivity contribution is -0.160. The first-order valence-electron chi connectivity index (χ1n) is 16.8. The molecule has 0 unspecified atom stereocenters. The number of nitrogens with one attached hydrogen (secondary N) is 2. The van der Waals surface area contributed by atoms with Crippen molar-refractivity contribution in [2.45, 2.75) is 41.5 Å². The van der Waals surface area contributed by atoms with Gasteiger partial charge in [-0.15, -0.1) is 0 Å². The number of benzene rings is 1. The molecule has 0 heterocycles. The van der Waals surface area contributed by atoms with Gasteiger partial charge < -0.3 is 38.3 Å². The second-order valence-corrected chi connectivity index (χ2v) is 13.3. The highest BCUT2D eigenvalue weighted by Crippen LogP contribution is 2.28. The second-order valence-electron chi connectivity index (χ2n) is 13.3. The molecule has 1 aromatic rings. The van der Waals surface area contributed by atoms with Crippen LogP contribution in [-0.2, 0) is 57.1 Å². The van der Waals surface area contributed by atoms with E-state index in [1.54, 1.807) is 19.1 Å². The number of amides is 2. The number of rotatable bonds is 22. The minimum atomic E-state index is -1.63. The molecule has 0 aromatic heterocycles. The molecule has 0 aliphatic rings. The Labute approximate surface area is 325 Å². The highest BCUT2D eigenvalue weighted by Gasteiger charge is 2.39. The van der Waals surface area contributed by atoms with E-state index in [0.29, 0.717) is 5.56 Å². The lowest BCUT2D eigenvalue weighted by Gasteiger charge is -2.31. The predicted molar refractivity (Wildman–Crippen MR) is 202 cm³/mol. The van der Waals surface area contributed by atoms with Gasteiger partial charge in [-0.3, -0.25) is 10.6 Å². The second kappa shape index (κ2) is 22.2. The van der Waals surface area contributed by atoms with Crippen molar-refractivity contribution in [3.05, 3.63) is 84.5 Å². The number of anilines is 2. The standard InChI is InChI=1S/C39H50N2O15/c1-23(2)31(43)50-16-38(15-42,17-51-32(44)24(3)4)18-55-36(48)40-29-14-12-13-28(11)30(29)41-37(49)56-22-39(19-52-33(45)25(5)6,20-53-34(46)26(7)8)21-54-35(47)27(9)10/h12-14,42H,1,3,5,7,9,15-22H2,2,4,6,8,10-11H3,(H,40,48)(H,41,49). The van der Waals surface area contributed by atoms with Crippen molar-refractivity contribution in [3.63, 3.8) is 0 Å². The van der Waals surface area contributed by atoms with Crippen molar-refractivity contribution < 1.29 is 71.8 Å². The number of hydrogen-bond acceptors (Lipinski definition) is 15. The molecule has 56 heavy (non-hydrogen) atoms. The Morgan fingerprint density at radius 1 is 0.518 bits per heavy atom. The Bertz CT molecular complexity index is 1640. The molecular formula is C39H50N2O15. The van der Waals surface area contributed by atoms with E-state index < -0.39 is 106 Å². The summed E-state index contributed by atoms with van der Waals surface area (Å²) in [6, 6.07) is 4.58. The Hall–Kier alpha value is -6.23. The molecule has 1 aromatic carbocycles. The van der Waals surface area contributed by atoms with Gasteiger partial charge in [0.15, 0.2) is 0 Å². The van der Waals surface area contributed by atoms with Crippen LogP contribution in [0, 0.1) is 17.8 Å². The van der Waals surface area contributed by atoms with E-state index in [0.717, 1.165) is 0 Å². The molecule has 0 fully saturated rings. The van der Waals surface area contributed by atoms with Crippen LogP contribution in [0.3, 0.4) is 0 Å². The highest BCUT2D eigenvalue weighted by molar-refractivity contribution is 5.96. The summed E-state index contributed by atoms with van der Waals surface area (Å²) < 4.78 is 37.1. The summed E-state index contributed by atoms with van der Waals surface area (Å²) in [5.41, 5.74) is -2.49. The number of carbonyl (C=O) groups excluding carboxylic acids is 7. The monoisotopic (exact) mass is 786 g/mol. The van der Waals surface area contributed by atoms with Crippen LogP contribution in [0.5, 0.6) is 0 Å². The molecule has 0 saturated heterocycles. The first-order valence-corrected chi connectivity index (χ1v) is 16.8. The van der Waals surface area contributed by atoms with Gasteiger partial charge in [0.1, 0.15) is 51.7 Å². The minimum Gasteiger partial charge on any atom is -0.461 e. The van der Waals surface area contributed by atoms with E-state index in [1.807, 2.05) is 0 Å². The number of esters is 5. The first kappa shape index (κ1) is 47.8. The van der Waals surface area contributed by atoms with E-state index in [2.05, 4.69) is 43.5 Å². The van der Waals surface area contributed by atoms with E-state index >= 15 is 0 Å². The van der Waals surface area contributed by atoms with E-state index in [4.69, 9.17) is 33.2 Å². The molecular weight excluding hydrogens is 736 g/mol. The number of aryl methyl sites for hydroxylation is 1. The van der Waals surface area contributed by atoms with Gasteiger partial charge in [0.2, 0.25) is 0 Å². The largest absolute Gasteiger partial charge is 0.461 e. The molecule has 0 bridgehead atoms. The van der Waals surface area contributed by atoms with Gasteiger partial charge in [-0.05, 0) is 53.2 Å². The third-order valence-electron chi connectivity index (χ3n) is 7.38. The van der Waals surface area contributed by atoms with Crippen molar-refractivity contribution in [3.8, 4) is 0 Å². The number of hydrogen-bond donors (Lipinski definition) is 3. The third-order valence-corrected chi connectivity index (χ3v) is 7.38. The van der Waals surface area contributed by atoms with Gasteiger partial charge in [0.05, 0.1) is 23.4 Å². The fourth-order valence-electron chi connectivity index (χ4n) is 3.88. The van der Waals surface area contributed by atoms with Crippen LogP contribution < -0.4 is 10.6 Å². The Kier molecular flexibility index (Phi) is 19.0. The first-order chi connectivity index (χ1) is 26.1. The van der Waals surface area contributed by atoms with E-state index in [9.17, 15) is 38.7 Å². The average molecular weight is 787 g/mol. The van der Waals surface area contributed by atoms with Crippen LogP contribution in [0.1, 0.15) is 40.2 Å². The van der Waals surface area contributed by atoms with Gasteiger partial charge in [0.25, 0.3) is 0 Å². The van der Waals surface area contributed by atoms with Gasteiger partial charge in [-0.25, -0.2) is 33.6 Å². The minimum absolute atomic E-state index is 0.0244. The molecule has 0 atom stereocenters. The predicted octanol–water partition coefficient (Wildman–Crippen LogP) is 4.65. The Morgan fingerprint density at radius 2 is 0.821 bits per heavy atom. The third kappa shape index (κ3) is 16.0. The molecule has 3 N–H and O–H groups in total. The van der Waals surface area contributed by atoms with Crippen molar-refractivity contribution in [2.24, 2.45) is 10.8 Å². The van der Waals surface area contributed by atoms with E-state index in [-0.39, 0.29) is 39.2 Å². The topological polar surface area (TPSA) is 228 Å². The normalized spacial score (nSPS) is 10.8. The van der Waals surface area contributed by atoms with Crippen LogP contribution in [-0.4, -0.2) is 100.0 Å². The maximum atomic E-state index is 13.3. The molecule has 0 radical (unpaired) electrons. The summed E-state index contributed by atoms with van der Waals surface area (Å²) in [6.07, 6.45) is -2.18. The van der Waals surface area contributed by atoms with Crippen LogP contribution >= 0.6 is 0 Å². The SMILES string of the molecule is C=C(C)C(=O)OCC(CO)(COC(=O)Nc1cccc(C)c1NC(=O)OCC(COC(=O)C(=C)C)(COC(=O)C(=C)C)COC(=O)C(=C)C)COC(=O)C(=C)C. The molecule has 17 heteroatoms. The van der Waals surface area contributed by atoms with Crippen LogP contribution in [0.4, 0.5) is 21.0 Å². The van der Waals surface area contributed by atoms with Crippen molar-refractivity contribution in [1.82, 2.24) is 0 Å².